The third-order valence-electron chi connectivity index (χ3n) is 3.67. The summed E-state index contributed by atoms with van der Waals surface area (Å²) < 4.78 is 0.978. The summed E-state index contributed by atoms with van der Waals surface area (Å²) in [6, 6.07) is 6.19. The molecule has 0 heterocycles. The molecule has 0 amide bonds. The third kappa shape index (κ3) is 3.23. The number of hydrogen-bond acceptors (Lipinski definition) is 2. The Bertz CT molecular complexity index is 441. The van der Waals surface area contributed by atoms with E-state index >= 15 is 0 Å². The molecular weight excluding hydrogens is 308 g/mol. The lowest BCUT2D eigenvalue weighted by atomic mass is 10.1. The van der Waals surface area contributed by atoms with Crippen molar-refractivity contribution in [1.29, 1.82) is 0 Å². The monoisotopic (exact) mass is 326 g/mol. The molecule has 1 aliphatic carbocycles. The van der Waals surface area contributed by atoms with E-state index in [4.69, 9.17) is 18.0 Å². The van der Waals surface area contributed by atoms with Crippen molar-refractivity contribution in [3.05, 3.63) is 28.2 Å². The van der Waals surface area contributed by atoms with Gasteiger partial charge in [-0.15, -0.1) is 0 Å². The van der Waals surface area contributed by atoms with Gasteiger partial charge in [-0.1, -0.05) is 25.1 Å². The van der Waals surface area contributed by atoms with E-state index in [-0.39, 0.29) is 0 Å². The first-order valence-corrected chi connectivity index (χ1v) is 7.58. The van der Waals surface area contributed by atoms with Crippen molar-refractivity contribution in [1.82, 2.24) is 0 Å². The molecule has 0 atom stereocenters. The first-order chi connectivity index (χ1) is 8.58. The topological polar surface area (TPSA) is 29.3 Å². The number of rotatable bonds is 4. The molecule has 0 aromatic heterocycles. The Labute approximate surface area is 123 Å². The van der Waals surface area contributed by atoms with Crippen LogP contribution in [0.5, 0.6) is 0 Å². The highest BCUT2D eigenvalue weighted by molar-refractivity contribution is 9.10. The minimum absolute atomic E-state index is 0.437. The number of anilines is 1. The van der Waals surface area contributed by atoms with Crippen LogP contribution in [0.25, 0.3) is 0 Å². The zero-order valence-electron chi connectivity index (χ0n) is 10.7. The van der Waals surface area contributed by atoms with Gasteiger partial charge in [0.1, 0.15) is 4.99 Å². The molecule has 1 aromatic carbocycles. The van der Waals surface area contributed by atoms with Crippen LogP contribution in [-0.4, -0.2) is 18.6 Å². The molecule has 2 rings (SSSR count). The Morgan fingerprint density at radius 1 is 1.44 bits per heavy atom. The molecular formula is C14H19BrN2S. The van der Waals surface area contributed by atoms with Crippen molar-refractivity contribution in [2.45, 2.75) is 25.7 Å². The Kier molecular flexibility index (Phi) is 4.62. The minimum atomic E-state index is 0.437. The summed E-state index contributed by atoms with van der Waals surface area (Å²) in [6.07, 6.45) is 5.53. The lowest BCUT2D eigenvalue weighted by Gasteiger charge is -2.23. The van der Waals surface area contributed by atoms with Crippen LogP contribution >= 0.6 is 28.1 Å². The molecule has 0 unspecified atom stereocenters. The van der Waals surface area contributed by atoms with Crippen molar-refractivity contribution in [3.8, 4) is 0 Å². The molecule has 1 fully saturated rings. The van der Waals surface area contributed by atoms with Gasteiger partial charge in [-0.3, -0.25) is 0 Å². The highest BCUT2D eigenvalue weighted by Crippen LogP contribution is 2.28. The summed E-state index contributed by atoms with van der Waals surface area (Å²) in [5.74, 6) is 0.851. The minimum Gasteiger partial charge on any atom is -0.389 e. The van der Waals surface area contributed by atoms with Gasteiger partial charge in [-0.05, 0) is 52.9 Å². The van der Waals surface area contributed by atoms with Gasteiger partial charge in [-0.25, -0.2) is 0 Å². The van der Waals surface area contributed by atoms with E-state index in [1.54, 1.807) is 0 Å². The summed E-state index contributed by atoms with van der Waals surface area (Å²) >= 11 is 8.54. The van der Waals surface area contributed by atoms with Gasteiger partial charge in [0.15, 0.2) is 0 Å². The average molecular weight is 327 g/mol. The van der Waals surface area contributed by atoms with Gasteiger partial charge >= 0.3 is 0 Å². The fraction of sp³-hybridized carbons (Fsp3) is 0.500. The predicted octanol–water partition coefficient (Wildman–Crippen LogP) is 3.71. The number of halogens is 1. The van der Waals surface area contributed by atoms with E-state index in [1.165, 1.54) is 31.4 Å². The number of benzene rings is 1. The zero-order valence-corrected chi connectivity index (χ0v) is 13.1. The van der Waals surface area contributed by atoms with Crippen molar-refractivity contribution < 1.29 is 0 Å². The van der Waals surface area contributed by atoms with E-state index in [0.29, 0.717) is 4.99 Å². The fourth-order valence-corrected chi connectivity index (χ4v) is 3.52. The van der Waals surface area contributed by atoms with Gasteiger partial charge in [0.25, 0.3) is 0 Å². The molecule has 0 spiro atoms. The van der Waals surface area contributed by atoms with E-state index in [1.807, 2.05) is 6.07 Å². The van der Waals surface area contributed by atoms with Crippen LogP contribution in [-0.2, 0) is 0 Å². The largest absolute Gasteiger partial charge is 0.389 e. The van der Waals surface area contributed by atoms with E-state index < -0.39 is 0 Å². The molecule has 1 aliphatic rings. The highest BCUT2D eigenvalue weighted by Gasteiger charge is 2.17. The van der Waals surface area contributed by atoms with E-state index in [9.17, 15) is 0 Å². The molecule has 4 heteroatoms. The first-order valence-electron chi connectivity index (χ1n) is 6.38. The SMILES string of the molecule is CN(CC1CCCC1)c1ccc(C(N)=S)c(Br)c1. The van der Waals surface area contributed by atoms with Crippen molar-refractivity contribution in [2.75, 3.05) is 18.5 Å². The Hall–Kier alpha value is -0.610. The molecule has 2 nitrogen and oxygen atoms in total. The van der Waals surface area contributed by atoms with Crippen LogP contribution in [0, 0.1) is 5.92 Å². The maximum absolute atomic E-state index is 5.66. The lowest BCUT2D eigenvalue weighted by molar-refractivity contribution is 0.547. The van der Waals surface area contributed by atoms with Crippen LogP contribution in [0.3, 0.4) is 0 Å². The van der Waals surface area contributed by atoms with E-state index in [2.05, 4.69) is 40.0 Å². The normalized spacial score (nSPS) is 15.9. The van der Waals surface area contributed by atoms with Crippen LogP contribution in [0.15, 0.2) is 22.7 Å². The maximum Gasteiger partial charge on any atom is 0.105 e. The fourth-order valence-electron chi connectivity index (χ4n) is 2.63. The average Bonchev–Trinajstić information content (AvgIpc) is 2.81. The number of thiocarbonyl (C=S) groups is 1. The van der Waals surface area contributed by atoms with Gasteiger partial charge in [0.05, 0.1) is 0 Å². The summed E-state index contributed by atoms with van der Waals surface area (Å²) in [6.45, 7) is 1.14. The van der Waals surface area contributed by atoms with Gasteiger partial charge < -0.3 is 10.6 Å². The molecule has 0 saturated heterocycles. The number of nitrogens with zero attached hydrogens (tertiary/aromatic N) is 1. The van der Waals surface area contributed by atoms with Crippen LogP contribution in [0.2, 0.25) is 0 Å². The smallest absolute Gasteiger partial charge is 0.105 e. The quantitative estimate of drug-likeness (QED) is 0.855. The standard InChI is InChI=1S/C14H19BrN2S/c1-17(9-10-4-2-3-5-10)11-6-7-12(14(16)18)13(15)8-11/h6-8,10H,2-5,9H2,1H3,(H2,16,18). The second-order valence-electron chi connectivity index (χ2n) is 5.06. The van der Waals surface area contributed by atoms with Crippen molar-refractivity contribution in [2.24, 2.45) is 11.7 Å². The molecule has 2 N–H and O–H groups in total. The van der Waals surface area contributed by atoms with Crippen LogP contribution in [0.1, 0.15) is 31.2 Å². The lowest BCUT2D eigenvalue weighted by Crippen LogP contribution is -2.24. The first kappa shape index (κ1) is 13.8. The summed E-state index contributed by atoms with van der Waals surface area (Å²) in [5.41, 5.74) is 7.78. The second kappa shape index (κ2) is 6.02. The Balaban J connectivity index is 2.08. The molecule has 98 valence electrons. The Morgan fingerprint density at radius 2 is 2.11 bits per heavy atom. The molecule has 0 bridgehead atoms. The second-order valence-corrected chi connectivity index (χ2v) is 6.35. The third-order valence-corrected chi connectivity index (χ3v) is 4.54. The number of hydrogen-bond donors (Lipinski definition) is 1. The van der Waals surface area contributed by atoms with Gasteiger partial charge in [0, 0.05) is 29.3 Å². The Morgan fingerprint density at radius 3 is 2.67 bits per heavy atom. The van der Waals surface area contributed by atoms with Crippen molar-refractivity contribution >= 4 is 38.8 Å². The summed E-state index contributed by atoms with van der Waals surface area (Å²) in [7, 11) is 2.15. The number of nitrogens with two attached hydrogens (primary N) is 1. The molecule has 1 aromatic rings. The van der Waals surface area contributed by atoms with Gasteiger partial charge in [-0.2, -0.15) is 0 Å². The molecule has 1 saturated carbocycles. The van der Waals surface area contributed by atoms with E-state index in [0.717, 1.165) is 22.5 Å². The zero-order chi connectivity index (χ0) is 13.1. The highest BCUT2D eigenvalue weighted by atomic mass is 79.9. The summed E-state index contributed by atoms with van der Waals surface area (Å²) in [5, 5.41) is 0. The maximum atomic E-state index is 5.66. The summed E-state index contributed by atoms with van der Waals surface area (Å²) in [4.78, 5) is 2.76. The molecule has 0 aliphatic heterocycles. The predicted molar refractivity (Wildman–Crippen MR) is 85.3 cm³/mol. The molecule has 0 radical (unpaired) electrons. The van der Waals surface area contributed by atoms with Crippen molar-refractivity contribution in [3.63, 3.8) is 0 Å². The molecule has 18 heavy (non-hydrogen) atoms. The van der Waals surface area contributed by atoms with Crippen LogP contribution in [0.4, 0.5) is 5.69 Å². The van der Waals surface area contributed by atoms with Gasteiger partial charge in [0.2, 0.25) is 0 Å². The van der Waals surface area contributed by atoms with Crippen LogP contribution < -0.4 is 10.6 Å².